The molecule has 2 amide bonds. The number of fused-ring (bicyclic) bond motifs is 2. The van der Waals surface area contributed by atoms with E-state index in [1.54, 1.807) is 17.4 Å². The molecule has 0 spiro atoms. The lowest BCUT2D eigenvalue weighted by atomic mass is 9.89. The largest absolute Gasteiger partial charge is 0.447 e. The molecule has 2 atom stereocenters. The van der Waals surface area contributed by atoms with E-state index in [2.05, 4.69) is 21.3 Å². The first-order valence-corrected chi connectivity index (χ1v) is 14.5. The number of nitrogens with one attached hydrogen (secondary N) is 1. The number of benzene rings is 1. The van der Waals surface area contributed by atoms with E-state index in [4.69, 9.17) is 26.1 Å². The van der Waals surface area contributed by atoms with E-state index in [0.29, 0.717) is 31.2 Å². The summed E-state index contributed by atoms with van der Waals surface area (Å²) in [5.74, 6) is -0.246. The summed E-state index contributed by atoms with van der Waals surface area (Å²) in [4.78, 5) is 39.1. The van der Waals surface area contributed by atoms with Crippen molar-refractivity contribution in [2.45, 2.75) is 39.0 Å². The zero-order valence-corrected chi connectivity index (χ0v) is 25.4. The van der Waals surface area contributed by atoms with Gasteiger partial charge in [-0.3, -0.25) is 14.7 Å². The highest BCUT2D eigenvalue weighted by molar-refractivity contribution is 6.30. The van der Waals surface area contributed by atoms with Crippen LogP contribution in [0.15, 0.2) is 42.9 Å². The molecule has 1 N–H and O–H groups in total. The summed E-state index contributed by atoms with van der Waals surface area (Å²) in [6.07, 6.45) is 5.19. The predicted octanol–water partition coefficient (Wildman–Crippen LogP) is 4.39. The number of hydrogen-bond donors (Lipinski definition) is 1. The van der Waals surface area contributed by atoms with Crippen molar-refractivity contribution in [3.63, 3.8) is 0 Å². The minimum atomic E-state index is -0.535. The first-order valence-electron chi connectivity index (χ1n) is 14.1. The molecular formula is C31H37ClN6O4. The maximum absolute atomic E-state index is 13.0. The second-order valence-electron chi connectivity index (χ2n) is 10.9. The molecule has 11 heteroatoms. The fourth-order valence-electron chi connectivity index (χ4n) is 5.83. The Labute approximate surface area is 251 Å². The predicted molar refractivity (Wildman–Crippen MR) is 161 cm³/mol. The summed E-state index contributed by atoms with van der Waals surface area (Å²) in [6.45, 7) is 7.92. The number of imidazole rings is 1. The number of carbonyl (C=O) groups is 2. The second kappa shape index (κ2) is 12.6. The van der Waals surface area contributed by atoms with Crippen molar-refractivity contribution in [2.75, 3.05) is 39.9 Å². The second-order valence-corrected chi connectivity index (χ2v) is 11.4. The Morgan fingerprint density at radius 3 is 2.57 bits per heavy atom. The Bertz CT molecular complexity index is 1470. The third-order valence-electron chi connectivity index (χ3n) is 7.68. The van der Waals surface area contributed by atoms with Crippen molar-refractivity contribution in [3.8, 4) is 0 Å². The summed E-state index contributed by atoms with van der Waals surface area (Å²) < 4.78 is 12.5. The number of carbonyl (C=O) groups excluding carboxylic acids is 2. The van der Waals surface area contributed by atoms with Crippen LogP contribution in [-0.4, -0.2) is 82.3 Å². The Morgan fingerprint density at radius 2 is 1.90 bits per heavy atom. The van der Waals surface area contributed by atoms with Crippen LogP contribution in [0.4, 0.5) is 4.79 Å². The molecule has 1 fully saturated rings. The minimum absolute atomic E-state index is 0.0760. The molecule has 2 aromatic heterocycles. The molecule has 222 valence electrons. The monoisotopic (exact) mass is 592 g/mol. The lowest BCUT2D eigenvalue weighted by Crippen LogP contribution is -2.50. The average molecular weight is 593 g/mol. The van der Waals surface area contributed by atoms with Crippen LogP contribution in [-0.2, 0) is 21.3 Å². The SMILES string of the molecule is COCC(=O)N[C@H](C1=Cc2cccnc2[C@@H](N2CCN(C(=O)OC(C)C)CC2)c2ccc(Cl)cc21)c1c(C)ncn1C. The molecule has 1 saturated heterocycles. The normalized spacial score (nSPS) is 17.6. The van der Waals surface area contributed by atoms with Crippen LogP contribution in [0.25, 0.3) is 11.6 Å². The molecule has 1 aromatic carbocycles. The molecular weight excluding hydrogens is 556 g/mol. The zero-order chi connectivity index (χ0) is 30.0. The Morgan fingerprint density at radius 1 is 1.14 bits per heavy atom. The van der Waals surface area contributed by atoms with Crippen LogP contribution < -0.4 is 5.32 Å². The van der Waals surface area contributed by atoms with Crippen LogP contribution in [0.1, 0.15) is 59.7 Å². The molecule has 3 heterocycles. The Hall–Kier alpha value is -3.73. The molecule has 10 nitrogen and oxygen atoms in total. The number of hydrogen-bond acceptors (Lipinski definition) is 7. The van der Waals surface area contributed by atoms with Crippen LogP contribution >= 0.6 is 11.6 Å². The van der Waals surface area contributed by atoms with Gasteiger partial charge in [0.1, 0.15) is 6.61 Å². The maximum atomic E-state index is 13.0. The molecule has 3 aromatic rings. The van der Waals surface area contributed by atoms with E-state index < -0.39 is 6.04 Å². The van der Waals surface area contributed by atoms with Gasteiger partial charge in [0.15, 0.2) is 0 Å². The van der Waals surface area contributed by atoms with Gasteiger partial charge in [-0.1, -0.05) is 23.7 Å². The highest BCUT2D eigenvalue weighted by Gasteiger charge is 2.36. The van der Waals surface area contributed by atoms with Crippen LogP contribution in [0.5, 0.6) is 0 Å². The van der Waals surface area contributed by atoms with Crippen LogP contribution in [0, 0.1) is 6.92 Å². The van der Waals surface area contributed by atoms with Gasteiger partial charge >= 0.3 is 6.09 Å². The van der Waals surface area contributed by atoms with E-state index in [1.807, 2.05) is 62.7 Å². The van der Waals surface area contributed by atoms with Gasteiger partial charge in [0.2, 0.25) is 5.91 Å². The van der Waals surface area contributed by atoms with Gasteiger partial charge in [-0.25, -0.2) is 9.78 Å². The number of pyridine rings is 1. The van der Waals surface area contributed by atoms with Crippen molar-refractivity contribution in [1.82, 2.24) is 29.7 Å². The number of nitrogens with zero attached hydrogens (tertiary/aromatic N) is 5. The van der Waals surface area contributed by atoms with Gasteiger partial charge in [0, 0.05) is 51.6 Å². The summed E-state index contributed by atoms with van der Waals surface area (Å²) in [6, 6.07) is 9.12. The van der Waals surface area contributed by atoms with Gasteiger partial charge in [-0.05, 0) is 67.3 Å². The van der Waals surface area contributed by atoms with E-state index in [1.165, 1.54) is 7.11 Å². The first-order chi connectivity index (χ1) is 20.2. The quantitative estimate of drug-likeness (QED) is 0.434. The summed E-state index contributed by atoms with van der Waals surface area (Å²) in [7, 11) is 3.42. The number of amides is 2. The smallest absolute Gasteiger partial charge is 0.410 e. The molecule has 1 aliphatic carbocycles. The van der Waals surface area contributed by atoms with Gasteiger partial charge < -0.3 is 24.3 Å². The van der Waals surface area contributed by atoms with Gasteiger partial charge in [-0.15, -0.1) is 0 Å². The fraction of sp³-hybridized carbons (Fsp3) is 0.419. The number of piperazine rings is 1. The minimum Gasteiger partial charge on any atom is -0.447 e. The molecule has 42 heavy (non-hydrogen) atoms. The molecule has 0 radical (unpaired) electrons. The molecule has 1 aliphatic heterocycles. The number of halogens is 1. The average Bonchev–Trinajstić information content (AvgIpc) is 3.21. The van der Waals surface area contributed by atoms with Crippen LogP contribution in [0.2, 0.25) is 5.02 Å². The summed E-state index contributed by atoms with van der Waals surface area (Å²) in [5, 5.41) is 3.78. The van der Waals surface area contributed by atoms with E-state index in [-0.39, 0.29) is 30.8 Å². The lowest BCUT2D eigenvalue weighted by Gasteiger charge is -2.39. The third-order valence-corrected chi connectivity index (χ3v) is 7.91. The van der Waals surface area contributed by atoms with E-state index >= 15 is 0 Å². The van der Waals surface area contributed by atoms with Crippen LogP contribution in [0.3, 0.4) is 0 Å². The van der Waals surface area contributed by atoms with E-state index in [0.717, 1.165) is 39.3 Å². The molecule has 5 rings (SSSR count). The summed E-state index contributed by atoms with van der Waals surface area (Å²) >= 11 is 6.64. The third kappa shape index (κ3) is 6.06. The lowest BCUT2D eigenvalue weighted by molar-refractivity contribution is -0.125. The van der Waals surface area contributed by atoms with Crippen molar-refractivity contribution in [3.05, 3.63) is 81.7 Å². The topological polar surface area (TPSA) is 102 Å². The highest BCUT2D eigenvalue weighted by atomic mass is 35.5. The van der Waals surface area contributed by atoms with Crippen molar-refractivity contribution < 1.29 is 19.1 Å². The zero-order valence-electron chi connectivity index (χ0n) is 24.6. The number of ether oxygens (including phenoxy) is 2. The molecule has 2 aliphatic rings. The first kappa shape index (κ1) is 29.8. The van der Waals surface area contributed by atoms with Gasteiger partial charge in [0.25, 0.3) is 0 Å². The van der Waals surface area contributed by atoms with Gasteiger partial charge in [-0.2, -0.15) is 0 Å². The highest BCUT2D eigenvalue weighted by Crippen LogP contribution is 2.44. The van der Waals surface area contributed by atoms with Crippen molar-refractivity contribution >= 4 is 35.3 Å². The van der Waals surface area contributed by atoms with Crippen molar-refractivity contribution in [2.24, 2.45) is 7.05 Å². The number of methoxy groups -OCH3 is 1. The molecule has 0 saturated carbocycles. The standard InChI is InChI=1S/C31H37ClN6O4/c1-19(2)42-31(40)38-13-11-37(12-14-38)30-23-9-8-22(32)16-24(23)25(15-21-7-6-10-33-27(21)30)28(35-26(39)17-41-5)29-20(3)34-18-36(29)4/h6-10,15-16,18-19,28,30H,11-14,17H2,1-5H3,(H,35,39)/t28-,30+/m1/s1. The Balaban J connectivity index is 1.61. The summed E-state index contributed by atoms with van der Waals surface area (Å²) in [5.41, 5.74) is 6.32. The number of aromatic nitrogens is 3. The number of aryl methyl sites for hydroxylation is 2. The van der Waals surface area contributed by atoms with E-state index in [9.17, 15) is 9.59 Å². The van der Waals surface area contributed by atoms with Gasteiger partial charge in [0.05, 0.1) is 41.6 Å². The number of rotatable bonds is 7. The molecule has 0 unspecified atom stereocenters. The Kier molecular flexibility index (Phi) is 8.96. The maximum Gasteiger partial charge on any atom is 0.410 e. The fourth-order valence-corrected chi connectivity index (χ4v) is 6.01. The molecule has 0 bridgehead atoms. The van der Waals surface area contributed by atoms with Crippen molar-refractivity contribution in [1.29, 1.82) is 0 Å².